The second-order valence-electron chi connectivity index (χ2n) is 5.59. The topological polar surface area (TPSA) is 43.8 Å². The third kappa shape index (κ3) is 2.85. The van der Waals surface area contributed by atoms with Crippen molar-refractivity contribution in [2.24, 2.45) is 18.7 Å². The van der Waals surface area contributed by atoms with E-state index in [2.05, 4.69) is 18.2 Å². The summed E-state index contributed by atoms with van der Waals surface area (Å²) in [6, 6.07) is 0. The number of nitrogens with two attached hydrogens (primary N) is 1. The van der Waals surface area contributed by atoms with E-state index in [9.17, 15) is 0 Å². The fourth-order valence-electron chi connectivity index (χ4n) is 2.92. The lowest BCUT2D eigenvalue weighted by Gasteiger charge is -2.36. The highest BCUT2D eigenvalue weighted by Gasteiger charge is 2.30. The van der Waals surface area contributed by atoms with Crippen molar-refractivity contribution >= 4 is 0 Å². The molecule has 2 N–H and O–H groups in total. The van der Waals surface area contributed by atoms with E-state index in [1.54, 1.807) is 0 Å². The second-order valence-corrected chi connectivity index (χ2v) is 5.59. The highest BCUT2D eigenvalue weighted by molar-refractivity contribution is 5.05. The van der Waals surface area contributed by atoms with Crippen LogP contribution in [0.15, 0.2) is 12.4 Å². The number of aryl methyl sites for hydroxylation is 2. The molecule has 3 heteroatoms. The van der Waals surface area contributed by atoms with Gasteiger partial charge in [0.25, 0.3) is 0 Å². The van der Waals surface area contributed by atoms with Crippen LogP contribution >= 0.6 is 0 Å². The molecule has 1 saturated carbocycles. The summed E-state index contributed by atoms with van der Waals surface area (Å²) >= 11 is 0. The normalized spacial score (nSPS) is 30.6. The molecule has 1 aromatic rings. The van der Waals surface area contributed by atoms with E-state index in [1.807, 2.05) is 17.9 Å². The van der Waals surface area contributed by atoms with E-state index in [0.29, 0.717) is 0 Å². The third-order valence-corrected chi connectivity index (χ3v) is 3.80. The van der Waals surface area contributed by atoms with Crippen LogP contribution in [-0.2, 0) is 13.5 Å². The lowest BCUT2D eigenvalue weighted by Crippen LogP contribution is -2.44. The Morgan fingerprint density at radius 3 is 3.06 bits per heavy atom. The van der Waals surface area contributed by atoms with Crippen molar-refractivity contribution in [2.45, 2.75) is 51.0 Å². The minimum Gasteiger partial charge on any atom is -0.325 e. The van der Waals surface area contributed by atoms with Crippen LogP contribution in [0.1, 0.15) is 44.6 Å². The van der Waals surface area contributed by atoms with Gasteiger partial charge in [-0.05, 0) is 37.2 Å². The molecule has 0 radical (unpaired) electrons. The zero-order chi connectivity index (χ0) is 11.6. The Bertz CT molecular complexity index is 345. The molecule has 1 fully saturated rings. The minimum absolute atomic E-state index is 0.0769. The van der Waals surface area contributed by atoms with Crippen LogP contribution in [0.4, 0.5) is 0 Å². The Morgan fingerprint density at radius 1 is 1.62 bits per heavy atom. The summed E-state index contributed by atoms with van der Waals surface area (Å²) in [5, 5.41) is 4.19. The van der Waals surface area contributed by atoms with Crippen molar-refractivity contribution in [3.05, 3.63) is 18.0 Å². The van der Waals surface area contributed by atoms with Crippen LogP contribution < -0.4 is 5.73 Å². The van der Waals surface area contributed by atoms with Crippen molar-refractivity contribution in [1.82, 2.24) is 9.78 Å². The van der Waals surface area contributed by atoms with E-state index >= 15 is 0 Å². The van der Waals surface area contributed by atoms with Gasteiger partial charge in [-0.3, -0.25) is 4.68 Å². The van der Waals surface area contributed by atoms with Gasteiger partial charge in [-0.25, -0.2) is 0 Å². The zero-order valence-corrected chi connectivity index (χ0v) is 10.4. The molecule has 16 heavy (non-hydrogen) atoms. The molecule has 0 amide bonds. The van der Waals surface area contributed by atoms with Crippen LogP contribution in [0.5, 0.6) is 0 Å². The zero-order valence-electron chi connectivity index (χ0n) is 10.4. The maximum absolute atomic E-state index is 6.48. The molecule has 0 aliphatic heterocycles. The molecule has 1 heterocycles. The first-order valence-corrected chi connectivity index (χ1v) is 6.34. The standard InChI is InChI=1S/C13H23N3/c1-11-4-3-6-13(14,8-11)7-5-12-9-15-16(2)10-12/h9-11H,3-8,14H2,1-2H3. The Morgan fingerprint density at radius 2 is 2.44 bits per heavy atom. The predicted octanol–water partition coefficient (Wildman–Crippen LogP) is 2.26. The Labute approximate surface area is 98.0 Å². The summed E-state index contributed by atoms with van der Waals surface area (Å²) in [4.78, 5) is 0. The van der Waals surface area contributed by atoms with Crippen LogP contribution in [0.25, 0.3) is 0 Å². The summed E-state index contributed by atoms with van der Waals surface area (Å²) in [7, 11) is 1.96. The van der Waals surface area contributed by atoms with Crippen molar-refractivity contribution in [3.63, 3.8) is 0 Å². The van der Waals surface area contributed by atoms with E-state index in [4.69, 9.17) is 5.73 Å². The van der Waals surface area contributed by atoms with Crippen LogP contribution in [0.3, 0.4) is 0 Å². The van der Waals surface area contributed by atoms with Crippen molar-refractivity contribution < 1.29 is 0 Å². The first-order chi connectivity index (χ1) is 7.57. The molecule has 1 aliphatic carbocycles. The minimum atomic E-state index is 0.0769. The second kappa shape index (κ2) is 4.58. The van der Waals surface area contributed by atoms with Crippen molar-refractivity contribution in [2.75, 3.05) is 0 Å². The Balaban J connectivity index is 1.88. The van der Waals surface area contributed by atoms with Gasteiger partial charge in [0.05, 0.1) is 6.20 Å². The van der Waals surface area contributed by atoms with Gasteiger partial charge in [-0.15, -0.1) is 0 Å². The number of hydrogen-bond acceptors (Lipinski definition) is 2. The molecule has 0 spiro atoms. The number of hydrogen-bond donors (Lipinski definition) is 1. The van der Waals surface area contributed by atoms with Crippen molar-refractivity contribution in [1.29, 1.82) is 0 Å². The van der Waals surface area contributed by atoms with Crippen LogP contribution in [0, 0.1) is 5.92 Å². The van der Waals surface area contributed by atoms with Gasteiger partial charge in [-0.2, -0.15) is 5.10 Å². The summed E-state index contributed by atoms with van der Waals surface area (Å²) in [5.74, 6) is 0.799. The third-order valence-electron chi connectivity index (χ3n) is 3.80. The molecule has 3 nitrogen and oxygen atoms in total. The van der Waals surface area contributed by atoms with Gasteiger partial charge in [-0.1, -0.05) is 19.8 Å². The first-order valence-electron chi connectivity index (χ1n) is 6.34. The predicted molar refractivity (Wildman–Crippen MR) is 66.1 cm³/mol. The summed E-state index contributed by atoms with van der Waals surface area (Å²) in [6.07, 6.45) is 11.2. The summed E-state index contributed by atoms with van der Waals surface area (Å²) < 4.78 is 1.86. The molecular weight excluding hydrogens is 198 g/mol. The average molecular weight is 221 g/mol. The lowest BCUT2D eigenvalue weighted by molar-refractivity contribution is 0.224. The highest BCUT2D eigenvalue weighted by Crippen LogP contribution is 2.33. The van der Waals surface area contributed by atoms with E-state index < -0.39 is 0 Å². The maximum Gasteiger partial charge on any atom is 0.0521 e. The highest BCUT2D eigenvalue weighted by atomic mass is 15.2. The largest absolute Gasteiger partial charge is 0.325 e. The SMILES string of the molecule is CC1CCCC(N)(CCc2cnn(C)c2)C1. The van der Waals surface area contributed by atoms with Gasteiger partial charge in [0.1, 0.15) is 0 Å². The molecular formula is C13H23N3. The fourth-order valence-corrected chi connectivity index (χ4v) is 2.92. The molecule has 1 aromatic heterocycles. The summed E-state index contributed by atoms with van der Waals surface area (Å²) in [6.45, 7) is 2.32. The molecule has 0 aromatic carbocycles. The van der Waals surface area contributed by atoms with Gasteiger partial charge in [0.15, 0.2) is 0 Å². The average Bonchev–Trinajstić information content (AvgIpc) is 2.61. The molecule has 0 bridgehead atoms. The maximum atomic E-state index is 6.48. The van der Waals surface area contributed by atoms with Gasteiger partial charge in [0, 0.05) is 18.8 Å². The van der Waals surface area contributed by atoms with Crippen molar-refractivity contribution in [3.8, 4) is 0 Å². The molecule has 0 saturated heterocycles. The van der Waals surface area contributed by atoms with Crippen LogP contribution in [0.2, 0.25) is 0 Å². The number of rotatable bonds is 3. The quantitative estimate of drug-likeness (QED) is 0.851. The number of nitrogens with zero attached hydrogens (tertiary/aromatic N) is 2. The Hall–Kier alpha value is -0.830. The van der Waals surface area contributed by atoms with Crippen LogP contribution in [-0.4, -0.2) is 15.3 Å². The lowest BCUT2D eigenvalue weighted by atomic mass is 9.74. The van der Waals surface area contributed by atoms with E-state index in [0.717, 1.165) is 18.8 Å². The fraction of sp³-hybridized carbons (Fsp3) is 0.769. The molecule has 2 atom stereocenters. The monoisotopic (exact) mass is 221 g/mol. The first kappa shape index (κ1) is 11.6. The summed E-state index contributed by atoms with van der Waals surface area (Å²) in [5.41, 5.74) is 7.86. The van der Waals surface area contributed by atoms with Gasteiger partial charge < -0.3 is 5.73 Å². The Kier molecular flexibility index (Phi) is 3.33. The van der Waals surface area contributed by atoms with Gasteiger partial charge >= 0.3 is 0 Å². The smallest absolute Gasteiger partial charge is 0.0521 e. The molecule has 90 valence electrons. The molecule has 2 rings (SSSR count). The van der Waals surface area contributed by atoms with E-state index in [-0.39, 0.29) is 5.54 Å². The van der Waals surface area contributed by atoms with E-state index in [1.165, 1.54) is 31.2 Å². The van der Waals surface area contributed by atoms with Gasteiger partial charge in [0.2, 0.25) is 0 Å². The molecule has 1 aliphatic rings. The number of aromatic nitrogens is 2. The molecule has 2 unspecified atom stereocenters.